The molecule has 0 atom stereocenters. The Hall–Kier alpha value is -2.89. The van der Waals surface area contributed by atoms with Gasteiger partial charge >= 0.3 is 6.03 Å². The van der Waals surface area contributed by atoms with Crippen molar-refractivity contribution < 1.29 is 14.0 Å². The molecule has 1 saturated carbocycles. The number of carbonyl (C=O) groups is 2. The van der Waals surface area contributed by atoms with Crippen LogP contribution < -0.4 is 16.0 Å². The molecule has 6 heteroatoms. The minimum atomic E-state index is -0.576. The van der Waals surface area contributed by atoms with Crippen LogP contribution in [0.25, 0.3) is 0 Å². The molecule has 26 heavy (non-hydrogen) atoms. The molecule has 0 aliphatic heterocycles. The van der Waals surface area contributed by atoms with Crippen LogP contribution in [0.15, 0.2) is 42.5 Å². The van der Waals surface area contributed by atoms with E-state index in [2.05, 4.69) is 16.0 Å². The van der Waals surface area contributed by atoms with Gasteiger partial charge in [0.2, 0.25) is 5.91 Å². The van der Waals surface area contributed by atoms with Crippen molar-refractivity contribution in [2.45, 2.75) is 31.6 Å². The molecule has 0 radical (unpaired) electrons. The number of benzene rings is 2. The normalized spacial score (nSPS) is 14.9. The van der Waals surface area contributed by atoms with E-state index in [1.165, 1.54) is 6.07 Å². The van der Waals surface area contributed by atoms with E-state index in [9.17, 15) is 14.0 Å². The maximum Gasteiger partial charge on any atom is 0.318 e. The lowest BCUT2D eigenvalue weighted by Gasteiger charge is -2.40. The molecule has 5 nitrogen and oxygen atoms in total. The minimum Gasteiger partial charge on any atom is -0.341 e. The van der Waals surface area contributed by atoms with Gasteiger partial charge in [0, 0.05) is 18.4 Å². The number of hydrogen-bond donors (Lipinski definition) is 3. The fourth-order valence-electron chi connectivity index (χ4n) is 3.22. The van der Waals surface area contributed by atoms with E-state index in [1.807, 2.05) is 12.1 Å². The second kappa shape index (κ2) is 7.15. The number of anilines is 2. The first-order chi connectivity index (χ1) is 12.4. The van der Waals surface area contributed by atoms with Crippen LogP contribution in [0.5, 0.6) is 0 Å². The molecule has 136 valence electrons. The van der Waals surface area contributed by atoms with Crippen LogP contribution in [0, 0.1) is 12.7 Å². The summed E-state index contributed by atoms with van der Waals surface area (Å²) in [5, 5.41) is 8.12. The van der Waals surface area contributed by atoms with Crippen molar-refractivity contribution in [2.24, 2.45) is 0 Å². The molecule has 1 fully saturated rings. The zero-order valence-electron chi connectivity index (χ0n) is 14.9. The first-order valence-corrected chi connectivity index (χ1v) is 8.61. The summed E-state index contributed by atoms with van der Waals surface area (Å²) in [7, 11) is 1.55. The molecule has 0 saturated heterocycles. The monoisotopic (exact) mass is 355 g/mol. The molecule has 1 aliphatic rings. The summed E-state index contributed by atoms with van der Waals surface area (Å²) >= 11 is 0. The number of nitrogens with one attached hydrogen (secondary N) is 3. The number of aryl methyl sites for hydroxylation is 1. The first kappa shape index (κ1) is 17.9. The Morgan fingerprint density at radius 2 is 1.65 bits per heavy atom. The summed E-state index contributed by atoms with van der Waals surface area (Å²) in [5.74, 6) is -0.373. The van der Waals surface area contributed by atoms with Crippen molar-refractivity contribution in [3.63, 3.8) is 0 Å². The fraction of sp³-hybridized carbons (Fsp3) is 0.300. The van der Waals surface area contributed by atoms with Gasteiger partial charge < -0.3 is 16.0 Å². The Bertz CT molecular complexity index is 829. The van der Waals surface area contributed by atoms with Gasteiger partial charge in [-0.1, -0.05) is 18.6 Å². The third-order valence-corrected chi connectivity index (χ3v) is 4.98. The smallest absolute Gasteiger partial charge is 0.318 e. The van der Waals surface area contributed by atoms with E-state index in [0.29, 0.717) is 16.9 Å². The molecule has 3 rings (SSSR count). The Labute approximate surface area is 152 Å². The first-order valence-electron chi connectivity index (χ1n) is 8.61. The number of rotatable bonds is 4. The predicted molar refractivity (Wildman–Crippen MR) is 99.8 cm³/mol. The van der Waals surface area contributed by atoms with Crippen LogP contribution in [-0.4, -0.2) is 19.0 Å². The van der Waals surface area contributed by atoms with Gasteiger partial charge in [-0.25, -0.2) is 9.18 Å². The second-order valence-electron chi connectivity index (χ2n) is 6.64. The summed E-state index contributed by atoms with van der Waals surface area (Å²) in [4.78, 5) is 24.3. The van der Waals surface area contributed by atoms with E-state index < -0.39 is 5.41 Å². The van der Waals surface area contributed by atoms with E-state index in [4.69, 9.17) is 0 Å². The molecule has 2 aromatic rings. The van der Waals surface area contributed by atoms with Gasteiger partial charge in [0.05, 0.1) is 5.41 Å². The van der Waals surface area contributed by atoms with Crippen LogP contribution in [-0.2, 0) is 10.2 Å². The highest BCUT2D eigenvalue weighted by molar-refractivity contribution is 6.00. The van der Waals surface area contributed by atoms with Gasteiger partial charge in [0.1, 0.15) is 5.82 Å². The van der Waals surface area contributed by atoms with Gasteiger partial charge in [-0.2, -0.15) is 0 Å². The summed E-state index contributed by atoms with van der Waals surface area (Å²) in [6.45, 7) is 1.67. The summed E-state index contributed by atoms with van der Waals surface area (Å²) < 4.78 is 13.4. The van der Waals surface area contributed by atoms with Crippen molar-refractivity contribution in [3.8, 4) is 0 Å². The van der Waals surface area contributed by atoms with Crippen molar-refractivity contribution in [3.05, 3.63) is 59.4 Å². The zero-order chi connectivity index (χ0) is 18.7. The van der Waals surface area contributed by atoms with E-state index >= 15 is 0 Å². The fourth-order valence-corrected chi connectivity index (χ4v) is 3.22. The molecule has 0 unspecified atom stereocenters. The summed E-state index contributed by atoms with van der Waals surface area (Å²) in [6.07, 6.45) is 2.51. The Balaban J connectivity index is 1.78. The lowest BCUT2D eigenvalue weighted by Crippen LogP contribution is -2.46. The van der Waals surface area contributed by atoms with Crippen LogP contribution >= 0.6 is 0 Å². The minimum absolute atomic E-state index is 0.0817. The molecule has 0 bridgehead atoms. The molecule has 1 aliphatic carbocycles. The highest BCUT2D eigenvalue weighted by Gasteiger charge is 2.45. The second-order valence-corrected chi connectivity index (χ2v) is 6.64. The number of urea groups is 1. The average molecular weight is 355 g/mol. The van der Waals surface area contributed by atoms with E-state index in [0.717, 1.165) is 24.8 Å². The number of amides is 3. The largest absolute Gasteiger partial charge is 0.341 e. The van der Waals surface area contributed by atoms with Crippen LogP contribution in [0.1, 0.15) is 30.4 Å². The molecule has 0 spiro atoms. The quantitative estimate of drug-likeness (QED) is 0.777. The van der Waals surface area contributed by atoms with Crippen molar-refractivity contribution in [1.29, 1.82) is 0 Å². The summed E-state index contributed by atoms with van der Waals surface area (Å²) in [5.41, 5.74) is 2.10. The number of carbonyl (C=O) groups excluding carboxylic acids is 2. The van der Waals surface area contributed by atoms with Crippen molar-refractivity contribution >= 4 is 23.3 Å². The standard InChI is InChI=1S/C20H22FN3O2/c1-13-12-16(8-9-17(13)21)23-18(25)20(10-3-11-20)14-4-6-15(7-5-14)24-19(26)22-2/h4-9,12H,3,10-11H2,1-2H3,(H,23,25)(H2,22,24,26). The third kappa shape index (κ3) is 3.40. The Kier molecular flexibility index (Phi) is 4.93. The zero-order valence-corrected chi connectivity index (χ0v) is 14.9. The summed E-state index contributed by atoms with van der Waals surface area (Å²) in [6, 6.07) is 11.6. The maximum atomic E-state index is 13.4. The van der Waals surface area contributed by atoms with E-state index in [-0.39, 0.29) is 17.8 Å². The number of halogens is 1. The highest BCUT2D eigenvalue weighted by atomic mass is 19.1. The van der Waals surface area contributed by atoms with Crippen molar-refractivity contribution in [2.75, 3.05) is 17.7 Å². The van der Waals surface area contributed by atoms with Crippen LogP contribution in [0.4, 0.5) is 20.6 Å². The Morgan fingerprint density at radius 1 is 1.00 bits per heavy atom. The number of hydrogen-bond acceptors (Lipinski definition) is 2. The maximum absolute atomic E-state index is 13.4. The third-order valence-electron chi connectivity index (χ3n) is 4.98. The molecule has 2 aromatic carbocycles. The lowest BCUT2D eigenvalue weighted by atomic mass is 9.63. The topological polar surface area (TPSA) is 70.2 Å². The molecular weight excluding hydrogens is 333 g/mol. The van der Waals surface area contributed by atoms with Crippen LogP contribution in [0.3, 0.4) is 0 Å². The lowest BCUT2D eigenvalue weighted by molar-refractivity contribution is -0.124. The van der Waals surface area contributed by atoms with Gasteiger partial charge in [-0.05, 0) is 61.2 Å². The van der Waals surface area contributed by atoms with Gasteiger partial charge in [-0.15, -0.1) is 0 Å². The van der Waals surface area contributed by atoms with Crippen molar-refractivity contribution in [1.82, 2.24) is 5.32 Å². The van der Waals surface area contributed by atoms with Gasteiger partial charge in [0.25, 0.3) is 0 Å². The molecule has 0 aromatic heterocycles. The predicted octanol–water partition coefficient (Wildman–Crippen LogP) is 3.95. The molecular formula is C20H22FN3O2. The molecule has 0 heterocycles. The highest BCUT2D eigenvalue weighted by Crippen LogP contribution is 2.45. The average Bonchev–Trinajstić information content (AvgIpc) is 2.58. The van der Waals surface area contributed by atoms with Gasteiger partial charge in [0.15, 0.2) is 0 Å². The van der Waals surface area contributed by atoms with E-state index in [1.54, 1.807) is 38.2 Å². The van der Waals surface area contributed by atoms with Gasteiger partial charge in [-0.3, -0.25) is 4.79 Å². The Morgan fingerprint density at radius 3 is 2.19 bits per heavy atom. The van der Waals surface area contributed by atoms with Crippen LogP contribution in [0.2, 0.25) is 0 Å². The molecule has 3 amide bonds. The SMILES string of the molecule is CNC(=O)Nc1ccc(C2(C(=O)Nc3ccc(F)c(C)c3)CCC2)cc1. The molecule has 3 N–H and O–H groups in total.